The molecule has 0 radical (unpaired) electrons. The van der Waals surface area contributed by atoms with Gasteiger partial charge in [0.15, 0.2) is 0 Å². The molecule has 2 aliphatic rings. The standard InChI is InChI=1S/C20H20ClNO4/c1-25-12-5-7-17-15(10-12)19-14(3-2-8-26-19)18(22-17)13-6-4-11(20(23)24)9-16(13)21/h4-7,9-10,14,18-19,22H,2-3,8H2,1H3,(H,23,24)/t14-,18+,19-/m1/s1. The lowest BCUT2D eigenvalue weighted by molar-refractivity contribution is -0.0382. The van der Waals surface area contributed by atoms with Crippen molar-refractivity contribution >= 4 is 23.3 Å². The van der Waals surface area contributed by atoms with E-state index in [0.29, 0.717) is 5.02 Å². The summed E-state index contributed by atoms with van der Waals surface area (Å²) in [6, 6.07) is 10.8. The van der Waals surface area contributed by atoms with Crippen LogP contribution in [0.5, 0.6) is 5.75 Å². The van der Waals surface area contributed by atoms with Gasteiger partial charge in [-0.05, 0) is 48.7 Å². The second kappa shape index (κ2) is 6.82. The summed E-state index contributed by atoms with van der Waals surface area (Å²) in [5.41, 5.74) is 3.19. The quantitative estimate of drug-likeness (QED) is 0.817. The number of carboxylic acids is 1. The van der Waals surface area contributed by atoms with E-state index in [4.69, 9.17) is 21.1 Å². The number of ether oxygens (including phenoxy) is 2. The lowest BCUT2D eigenvalue weighted by Crippen LogP contribution is -2.36. The van der Waals surface area contributed by atoms with Gasteiger partial charge >= 0.3 is 5.97 Å². The smallest absolute Gasteiger partial charge is 0.335 e. The molecule has 26 heavy (non-hydrogen) atoms. The monoisotopic (exact) mass is 373 g/mol. The van der Waals surface area contributed by atoms with E-state index in [0.717, 1.165) is 42.0 Å². The SMILES string of the molecule is COc1ccc2c(c1)[C@@H]1OCCC[C@@H]1[C@H](c1ccc(C(=O)O)cc1Cl)N2. The summed E-state index contributed by atoms with van der Waals surface area (Å²) in [6.45, 7) is 0.732. The molecule has 2 aliphatic heterocycles. The van der Waals surface area contributed by atoms with Crippen LogP contribution in [0.3, 0.4) is 0 Å². The average molecular weight is 374 g/mol. The van der Waals surface area contributed by atoms with Crippen molar-refractivity contribution in [2.75, 3.05) is 19.0 Å². The van der Waals surface area contributed by atoms with E-state index >= 15 is 0 Å². The first kappa shape index (κ1) is 17.2. The zero-order valence-electron chi connectivity index (χ0n) is 14.4. The molecule has 0 amide bonds. The maximum Gasteiger partial charge on any atom is 0.335 e. The van der Waals surface area contributed by atoms with Crippen molar-refractivity contribution in [1.29, 1.82) is 0 Å². The molecule has 0 aliphatic carbocycles. The molecular weight excluding hydrogens is 354 g/mol. The highest BCUT2D eigenvalue weighted by atomic mass is 35.5. The average Bonchev–Trinajstić information content (AvgIpc) is 2.67. The zero-order valence-corrected chi connectivity index (χ0v) is 15.1. The number of fused-ring (bicyclic) bond motifs is 3. The third-order valence-electron chi connectivity index (χ3n) is 5.25. The highest BCUT2D eigenvalue weighted by molar-refractivity contribution is 6.31. The Labute approximate surface area is 156 Å². The summed E-state index contributed by atoms with van der Waals surface area (Å²) in [5, 5.41) is 13.2. The Hall–Kier alpha value is -2.24. The molecule has 5 nitrogen and oxygen atoms in total. The third-order valence-corrected chi connectivity index (χ3v) is 5.58. The fraction of sp³-hybridized carbons (Fsp3) is 0.350. The molecule has 0 spiro atoms. The molecule has 0 saturated carbocycles. The number of halogens is 1. The number of benzene rings is 2. The molecule has 0 aromatic heterocycles. The summed E-state index contributed by atoms with van der Waals surface area (Å²) in [5.74, 6) is 0.0451. The lowest BCUT2D eigenvalue weighted by Gasteiger charge is -2.43. The van der Waals surface area contributed by atoms with Crippen molar-refractivity contribution in [2.24, 2.45) is 5.92 Å². The number of rotatable bonds is 3. The van der Waals surface area contributed by atoms with Crippen LogP contribution in [0.15, 0.2) is 36.4 Å². The summed E-state index contributed by atoms with van der Waals surface area (Å²) in [4.78, 5) is 11.2. The van der Waals surface area contributed by atoms with Crippen LogP contribution in [0, 0.1) is 5.92 Å². The van der Waals surface area contributed by atoms with Crippen LogP contribution >= 0.6 is 11.6 Å². The van der Waals surface area contributed by atoms with Gasteiger partial charge in [-0.3, -0.25) is 0 Å². The molecule has 1 saturated heterocycles. The molecule has 1 fully saturated rings. The van der Waals surface area contributed by atoms with Gasteiger partial charge in [-0.15, -0.1) is 0 Å². The fourth-order valence-corrected chi connectivity index (χ4v) is 4.29. The molecule has 4 rings (SSSR count). The van der Waals surface area contributed by atoms with Crippen LogP contribution in [0.25, 0.3) is 0 Å². The molecule has 3 atom stereocenters. The number of hydrogen-bond donors (Lipinski definition) is 2. The van der Waals surface area contributed by atoms with Gasteiger partial charge in [-0.2, -0.15) is 0 Å². The maximum atomic E-state index is 11.2. The van der Waals surface area contributed by atoms with Crippen LogP contribution < -0.4 is 10.1 Å². The fourth-order valence-electron chi connectivity index (χ4n) is 4.00. The van der Waals surface area contributed by atoms with Crippen molar-refractivity contribution in [2.45, 2.75) is 25.0 Å². The minimum absolute atomic E-state index is 0.0310. The number of carboxylic acid groups (broad SMARTS) is 1. The number of carbonyl (C=O) groups is 1. The summed E-state index contributed by atoms with van der Waals surface area (Å²) in [6.07, 6.45) is 1.97. The number of methoxy groups -OCH3 is 1. The minimum atomic E-state index is -0.980. The van der Waals surface area contributed by atoms with E-state index in [2.05, 4.69) is 5.32 Å². The molecule has 6 heteroatoms. The molecule has 2 aromatic carbocycles. The summed E-state index contributed by atoms with van der Waals surface area (Å²) in [7, 11) is 1.66. The highest BCUT2D eigenvalue weighted by Crippen LogP contribution is 2.50. The van der Waals surface area contributed by atoms with E-state index in [1.807, 2.05) is 24.3 Å². The Morgan fingerprint density at radius 3 is 2.85 bits per heavy atom. The first-order chi connectivity index (χ1) is 12.6. The first-order valence-corrected chi connectivity index (χ1v) is 9.05. The van der Waals surface area contributed by atoms with Crippen LogP contribution in [-0.2, 0) is 4.74 Å². The van der Waals surface area contributed by atoms with Crippen LogP contribution in [-0.4, -0.2) is 24.8 Å². The molecule has 136 valence electrons. The van der Waals surface area contributed by atoms with Crippen molar-refractivity contribution in [3.8, 4) is 5.75 Å². The van der Waals surface area contributed by atoms with E-state index in [9.17, 15) is 9.90 Å². The van der Waals surface area contributed by atoms with Gasteiger partial charge in [0.2, 0.25) is 0 Å². The predicted molar refractivity (Wildman–Crippen MR) is 99.2 cm³/mol. The molecule has 0 bridgehead atoms. The topological polar surface area (TPSA) is 67.8 Å². The van der Waals surface area contributed by atoms with Gasteiger partial charge in [0.1, 0.15) is 5.75 Å². The van der Waals surface area contributed by atoms with E-state index in [1.54, 1.807) is 13.2 Å². The summed E-state index contributed by atoms with van der Waals surface area (Å²) >= 11 is 6.45. The molecule has 2 heterocycles. The van der Waals surface area contributed by atoms with Crippen LogP contribution in [0.4, 0.5) is 5.69 Å². The van der Waals surface area contributed by atoms with E-state index < -0.39 is 5.97 Å². The van der Waals surface area contributed by atoms with Crippen molar-refractivity contribution in [1.82, 2.24) is 0 Å². The Morgan fingerprint density at radius 1 is 1.27 bits per heavy atom. The van der Waals surface area contributed by atoms with Gasteiger partial charge in [-0.1, -0.05) is 17.7 Å². The summed E-state index contributed by atoms with van der Waals surface area (Å²) < 4.78 is 11.5. The molecular formula is C20H20ClNO4. The van der Waals surface area contributed by atoms with Gasteiger partial charge in [0.05, 0.1) is 24.8 Å². The Bertz CT molecular complexity index is 854. The zero-order chi connectivity index (χ0) is 18.3. The normalized spacial score (nSPS) is 24.2. The largest absolute Gasteiger partial charge is 0.497 e. The Kier molecular flexibility index (Phi) is 4.51. The van der Waals surface area contributed by atoms with Crippen molar-refractivity contribution < 1.29 is 19.4 Å². The van der Waals surface area contributed by atoms with E-state index in [-0.39, 0.29) is 23.6 Å². The third kappa shape index (κ3) is 2.91. The number of nitrogens with one attached hydrogen (secondary N) is 1. The van der Waals surface area contributed by atoms with Gasteiger partial charge in [-0.25, -0.2) is 4.79 Å². The highest BCUT2D eigenvalue weighted by Gasteiger charge is 2.40. The van der Waals surface area contributed by atoms with Crippen LogP contribution in [0.1, 0.15) is 46.5 Å². The van der Waals surface area contributed by atoms with Crippen molar-refractivity contribution in [3.63, 3.8) is 0 Å². The maximum absolute atomic E-state index is 11.2. The number of hydrogen-bond acceptors (Lipinski definition) is 4. The lowest BCUT2D eigenvalue weighted by atomic mass is 9.77. The second-order valence-electron chi connectivity index (χ2n) is 6.71. The predicted octanol–water partition coefficient (Wildman–Crippen LogP) is 4.68. The molecule has 2 aromatic rings. The van der Waals surface area contributed by atoms with Crippen LogP contribution in [0.2, 0.25) is 5.02 Å². The van der Waals surface area contributed by atoms with Crippen molar-refractivity contribution in [3.05, 3.63) is 58.1 Å². The molecule has 2 N–H and O–H groups in total. The van der Waals surface area contributed by atoms with Gasteiger partial charge < -0.3 is 19.9 Å². The second-order valence-corrected chi connectivity index (χ2v) is 7.12. The Balaban J connectivity index is 1.76. The molecule has 0 unspecified atom stereocenters. The van der Waals surface area contributed by atoms with Gasteiger partial charge in [0.25, 0.3) is 0 Å². The first-order valence-electron chi connectivity index (χ1n) is 8.67. The van der Waals surface area contributed by atoms with E-state index in [1.165, 1.54) is 6.07 Å². The minimum Gasteiger partial charge on any atom is -0.497 e. The number of anilines is 1. The Morgan fingerprint density at radius 2 is 2.12 bits per heavy atom. The number of aromatic carboxylic acids is 1. The van der Waals surface area contributed by atoms with Gasteiger partial charge in [0, 0.05) is 28.8 Å².